The summed E-state index contributed by atoms with van der Waals surface area (Å²) in [6, 6.07) is 12.8. The average Bonchev–Trinajstić information content (AvgIpc) is 3.24. The third kappa shape index (κ3) is 5.26. The van der Waals surface area contributed by atoms with Gasteiger partial charge in [-0.25, -0.2) is 9.78 Å². The van der Waals surface area contributed by atoms with Crippen molar-refractivity contribution in [3.63, 3.8) is 0 Å². The monoisotopic (exact) mass is 466 g/mol. The number of nitrogens with zero attached hydrogens (tertiary/aromatic N) is 3. The molecule has 34 heavy (non-hydrogen) atoms. The van der Waals surface area contributed by atoms with Crippen molar-refractivity contribution >= 4 is 11.7 Å². The summed E-state index contributed by atoms with van der Waals surface area (Å²) in [5.41, 5.74) is 2.48. The van der Waals surface area contributed by atoms with Crippen LogP contribution < -0.4 is 19.5 Å². The lowest BCUT2D eigenvalue weighted by molar-refractivity contribution is 0.141. The zero-order valence-corrected chi connectivity index (χ0v) is 20.0. The Kier molecular flexibility index (Phi) is 7.22. The van der Waals surface area contributed by atoms with Crippen molar-refractivity contribution < 1.29 is 23.4 Å². The summed E-state index contributed by atoms with van der Waals surface area (Å²) in [5.74, 6) is 3.39. The molecule has 1 fully saturated rings. The highest BCUT2D eigenvalue weighted by atomic mass is 16.5. The zero-order chi connectivity index (χ0) is 24.1. The first kappa shape index (κ1) is 23.4. The van der Waals surface area contributed by atoms with Gasteiger partial charge in [0.1, 0.15) is 11.5 Å². The topological polar surface area (TPSA) is 89.3 Å². The third-order valence-electron chi connectivity index (χ3n) is 5.90. The molecule has 1 aliphatic heterocycles. The number of benzene rings is 2. The molecule has 0 spiro atoms. The molecule has 0 aliphatic carbocycles. The first-order valence-corrected chi connectivity index (χ1v) is 11.1. The first-order chi connectivity index (χ1) is 16.5. The SMILES string of the molecule is COc1ccc(-c2nc(CN3CCN(C(=O)Nc4ccc(OC)c(OC)c4)CC3)c(C)o2)cc1. The van der Waals surface area contributed by atoms with Gasteiger partial charge in [0.2, 0.25) is 5.89 Å². The minimum atomic E-state index is -0.133. The molecule has 3 aromatic rings. The maximum absolute atomic E-state index is 12.7. The van der Waals surface area contributed by atoms with E-state index in [1.807, 2.05) is 36.1 Å². The van der Waals surface area contributed by atoms with Crippen LogP contribution in [0.3, 0.4) is 0 Å². The molecule has 0 radical (unpaired) electrons. The summed E-state index contributed by atoms with van der Waals surface area (Å²) in [7, 11) is 4.79. The fourth-order valence-electron chi connectivity index (χ4n) is 3.87. The standard InChI is InChI=1S/C25H30N4O5/c1-17-21(27-24(34-17)18-5-8-20(31-2)9-6-18)16-28-11-13-29(14-12-28)25(30)26-19-7-10-22(32-3)23(15-19)33-4/h5-10,15H,11-14,16H2,1-4H3,(H,26,30). The second kappa shape index (κ2) is 10.5. The van der Waals surface area contributed by atoms with E-state index in [1.54, 1.807) is 39.5 Å². The predicted octanol–water partition coefficient (Wildman–Crippen LogP) is 4.03. The van der Waals surface area contributed by atoms with E-state index in [0.29, 0.717) is 42.7 Å². The number of aromatic nitrogens is 1. The number of anilines is 1. The molecule has 4 rings (SSSR count). The Morgan fingerprint density at radius 1 is 0.971 bits per heavy atom. The number of methoxy groups -OCH3 is 3. The van der Waals surface area contributed by atoms with Crippen molar-refractivity contribution in [2.45, 2.75) is 13.5 Å². The van der Waals surface area contributed by atoms with E-state index >= 15 is 0 Å². The first-order valence-electron chi connectivity index (χ1n) is 11.1. The van der Waals surface area contributed by atoms with E-state index in [4.69, 9.17) is 23.6 Å². The largest absolute Gasteiger partial charge is 0.497 e. The Bertz CT molecular complexity index is 1120. The van der Waals surface area contributed by atoms with Gasteiger partial charge in [-0.1, -0.05) is 0 Å². The van der Waals surface area contributed by atoms with Crippen LogP contribution in [0.15, 0.2) is 46.9 Å². The molecule has 9 heteroatoms. The fourth-order valence-corrected chi connectivity index (χ4v) is 3.87. The van der Waals surface area contributed by atoms with Crippen LogP contribution in [0, 0.1) is 6.92 Å². The van der Waals surface area contributed by atoms with Gasteiger partial charge in [0.15, 0.2) is 11.5 Å². The van der Waals surface area contributed by atoms with Gasteiger partial charge in [-0.2, -0.15) is 0 Å². The van der Waals surface area contributed by atoms with Gasteiger partial charge in [-0.3, -0.25) is 4.90 Å². The average molecular weight is 467 g/mol. The molecule has 0 saturated carbocycles. The Hall–Kier alpha value is -3.72. The molecule has 2 aromatic carbocycles. The Labute approximate surface area is 199 Å². The van der Waals surface area contributed by atoms with E-state index in [2.05, 4.69) is 10.2 Å². The fraction of sp³-hybridized carbons (Fsp3) is 0.360. The quantitative estimate of drug-likeness (QED) is 0.562. The van der Waals surface area contributed by atoms with Crippen molar-refractivity contribution in [3.8, 4) is 28.7 Å². The number of piperazine rings is 1. The maximum atomic E-state index is 12.7. The van der Waals surface area contributed by atoms with E-state index < -0.39 is 0 Å². The van der Waals surface area contributed by atoms with Gasteiger partial charge in [-0.05, 0) is 43.3 Å². The number of urea groups is 1. The van der Waals surface area contributed by atoms with Gasteiger partial charge >= 0.3 is 6.03 Å². The summed E-state index contributed by atoms with van der Waals surface area (Å²) in [6.07, 6.45) is 0. The summed E-state index contributed by atoms with van der Waals surface area (Å²) >= 11 is 0. The number of nitrogens with one attached hydrogen (secondary N) is 1. The summed E-state index contributed by atoms with van der Waals surface area (Å²) in [6.45, 7) is 5.37. The van der Waals surface area contributed by atoms with Crippen LogP contribution in [0.5, 0.6) is 17.2 Å². The molecular formula is C25H30N4O5. The lowest BCUT2D eigenvalue weighted by Gasteiger charge is -2.34. The number of hydrogen-bond donors (Lipinski definition) is 1. The van der Waals surface area contributed by atoms with Crippen molar-refractivity contribution in [3.05, 3.63) is 53.9 Å². The Morgan fingerprint density at radius 2 is 1.68 bits per heavy atom. The maximum Gasteiger partial charge on any atom is 0.321 e. The van der Waals surface area contributed by atoms with Gasteiger partial charge in [0.05, 0.1) is 27.0 Å². The van der Waals surface area contributed by atoms with Gasteiger partial charge < -0.3 is 28.8 Å². The number of amides is 2. The normalized spacial score (nSPS) is 14.1. The molecule has 1 N–H and O–H groups in total. The van der Waals surface area contributed by atoms with Crippen molar-refractivity contribution in [1.82, 2.24) is 14.8 Å². The molecule has 0 unspecified atom stereocenters. The summed E-state index contributed by atoms with van der Waals surface area (Å²) in [5, 5.41) is 2.94. The number of ether oxygens (including phenoxy) is 3. The third-order valence-corrected chi connectivity index (χ3v) is 5.90. The van der Waals surface area contributed by atoms with Crippen molar-refractivity contribution in [1.29, 1.82) is 0 Å². The number of oxazole rings is 1. The van der Waals surface area contributed by atoms with E-state index in [1.165, 1.54) is 0 Å². The summed E-state index contributed by atoms with van der Waals surface area (Å²) < 4.78 is 21.7. The molecule has 9 nitrogen and oxygen atoms in total. The van der Waals surface area contributed by atoms with Gasteiger partial charge in [0.25, 0.3) is 0 Å². The van der Waals surface area contributed by atoms with E-state index in [-0.39, 0.29) is 6.03 Å². The predicted molar refractivity (Wildman–Crippen MR) is 129 cm³/mol. The number of aryl methyl sites for hydroxylation is 1. The lowest BCUT2D eigenvalue weighted by atomic mass is 10.2. The van der Waals surface area contributed by atoms with Crippen LogP contribution >= 0.6 is 0 Å². The highest BCUT2D eigenvalue weighted by Gasteiger charge is 2.23. The van der Waals surface area contributed by atoms with Crippen LogP contribution in [0.2, 0.25) is 0 Å². The van der Waals surface area contributed by atoms with Crippen LogP contribution in [-0.4, -0.2) is 68.3 Å². The molecule has 0 bridgehead atoms. The highest BCUT2D eigenvalue weighted by molar-refractivity contribution is 5.89. The molecule has 0 atom stereocenters. The van der Waals surface area contributed by atoms with Crippen molar-refractivity contribution in [2.24, 2.45) is 0 Å². The van der Waals surface area contributed by atoms with E-state index in [9.17, 15) is 4.79 Å². The number of rotatable bonds is 7. The van der Waals surface area contributed by atoms with E-state index in [0.717, 1.165) is 35.9 Å². The van der Waals surface area contributed by atoms with Crippen LogP contribution in [0.25, 0.3) is 11.5 Å². The Balaban J connectivity index is 1.32. The van der Waals surface area contributed by atoms with Crippen LogP contribution in [0.4, 0.5) is 10.5 Å². The second-order valence-corrected chi connectivity index (χ2v) is 8.01. The molecule has 1 saturated heterocycles. The lowest BCUT2D eigenvalue weighted by Crippen LogP contribution is -2.49. The van der Waals surface area contributed by atoms with Gasteiger partial charge in [0, 0.05) is 50.0 Å². The molecule has 1 aliphatic rings. The zero-order valence-electron chi connectivity index (χ0n) is 20.0. The molecule has 1 aromatic heterocycles. The molecule has 180 valence electrons. The number of hydrogen-bond acceptors (Lipinski definition) is 7. The molecule has 2 heterocycles. The Morgan fingerprint density at radius 3 is 2.32 bits per heavy atom. The van der Waals surface area contributed by atoms with Crippen LogP contribution in [0.1, 0.15) is 11.5 Å². The van der Waals surface area contributed by atoms with Crippen LogP contribution in [-0.2, 0) is 6.54 Å². The van der Waals surface area contributed by atoms with Crippen molar-refractivity contribution in [2.75, 3.05) is 52.8 Å². The smallest absolute Gasteiger partial charge is 0.321 e. The highest BCUT2D eigenvalue weighted by Crippen LogP contribution is 2.30. The molecule has 2 amide bonds. The minimum Gasteiger partial charge on any atom is -0.497 e. The number of carbonyl (C=O) groups is 1. The summed E-state index contributed by atoms with van der Waals surface area (Å²) in [4.78, 5) is 21.5. The minimum absolute atomic E-state index is 0.133. The second-order valence-electron chi connectivity index (χ2n) is 8.01. The number of carbonyl (C=O) groups excluding carboxylic acids is 1. The van der Waals surface area contributed by atoms with Gasteiger partial charge in [-0.15, -0.1) is 0 Å². The molecular weight excluding hydrogens is 436 g/mol.